The van der Waals surface area contributed by atoms with E-state index in [2.05, 4.69) is 16.9 Å². The van der Waals surface area contributed by atoms with E-state index in [1.807, 2.05) is 12.4 Å². The molecular weight excluding hydrogens is 162 g/mol. The Kier molecular flexibility index (Phi) is 4.40. The van der Waals surface area contributed by atoms with Gasteiger partial charge in [0.25, 0.3) is 0 Å². The normalized spacial score (nSPS) is 10.3. The summed E-state index contributed by atoms with van der Waals surface area (Å²) in [7, 11) is 0. The van der Waals surface area contributed by atoms with Crippen LogP contribution in [0.4, 0.5) is 0 Å². The van der Waals surface area contributed by atoms with Gasteiger partial charge in [-0.05, 0) is 24.9 Å². The topological polar surface area (TPSA) is 51.8 Å². The molecular formula is C10H17N3. The van der Waals surface area contributed by atoms with Crippen LogP contribution in [0.3, 0.4) is 0 Å². The minimum absolute atomic E-state index is 0.708. The minimum Gasteiger partial charge on any atom is -0.330 e. The molecule has 72 valence electrons. The molecule has 0 aliphatic rings. The number of aryl methyl sites for hydroxylation is 2. The highest BCUT2D eigenvalue weighted by Gasteiger charge is 1.96. The van der Waals surface area contributed by atoms with E-state index < -0.39 is 0 Å². The van der Waals surface area contributed by atoms with Gasteiger partial charge in [0, 0.05) is 18.8 Å². The van der Waals surface area contributed by atoms with E-state index in [1.54, 1.807) is 0 Å². The fourth-order valence-corrected chi connectivity index (χ4v) is 1.19. The lowest BCUT2D eigenvalue weighted by atomic mass is 10.2. The van der Waals surface area contributed by atoms with Crippen molar-refractivity contribution in [2.24, 2.45) is 5.73 Å². The van der Waals surface area contributed by atoms with Crippen molar-refractivity contribution in [3.05, 3.63) is 23.8 Å². The predicted octanol–water partition coefficient (Wildman–Crippen LogP) is 1.32. The smallest absolute Gasteiger partial charge is 0.128 e. The Labute approximate surface area is 79.4 Å². The van der Waals surface area contributed by atoms with Gasteiger partial charge in [-0.1, -0.05) is 13.3 Å². The summed E-state index contributed by atoms with van der Waals surface area (Å²) < 4.78 is 0. The van der Waals surface area contributed by atoms with Crippen LogP contribution in [0.1, 0.15) is 31.2 Å². The van der Waals surface area contributed by atoms with Gasteiger partial charge >= 0.3 is 0 Å². The van der Waals surface area contributed by atoms with E-state index in [4.69, 9.17) is 5.73 Å². The second-order valence-corrected chi connectivity index (χ2v) is 3.15. The summed E-state index contributed by atoms with van der Waals surface area (Å²) in [4.78, 5) is 8.54. The highest BCUT2D eigenvalue weighted by molar-refractivity contribution is 5.05. The third-order valence-electron chi connectivity index (χ3n) is 1.90. The lowest BCUT2D eigenvalue weighted by Crippen LogP contribution is -2.03. The van der Waals surface area contributed by atoms with Crippen molar-refractivity contribution in [2.45, 2.75) is 32.6 Å². The van der Waals surface area contributed by atoms with Crippen LogP contribution in [0.5, 0.6) is 0 Å². The molecule has 3 nitrogen and oxygen atoms in total. The molecule has 0 bridgehead atoms. The van der Waals surface area contributed by atoms with Crippen molar-refractivity contribution in [1.82, 2.24) is 9.97 Å². The number of hydrogen-bond donors (Lipinski definition) is 1. The molecule has 13 heavy (non-hydrogen) atoms. The van der Waals surface area contributed by atoms with Gasteiger partial charge in [-0.2, -0.15) is 0 Å². The summed E-state index contributed by atoms with van der Waals surface area (Å²) in [6, 6.07) is 0. The zero-order valence-electron chi connectivity index (χ0n) is 8.16. The standard InChI is InChI=1S/C10H17N3/c1-2-4-9-7-12-10(13-8-9)5-3-6-11/h7-8H,2-6,11H2,1H3. The van der Waals surface area contributed by atoms with Crippen LogP contribution in [0.25, 0.3) is 0 Å². The van der Waals surface area contributed by atoms with E-state index >= 15 is 0 Å². The first-order valence-corrected chi connectivity index (χ1v) is 4.86. The third-order valence-corrected chi connectivity index (χ3v) is 1.90. The molecule has 1 aromatic heterocycles. The number of nitrogens with two attached hydrogens (primary N) is 1. The van der Waals surface area contributed by atoms with Gasteiger partial charge in [0.05, 0.1) is 0 Å². The Hall–Kier alpha value is -0.960. The van der Waals surface area contributed by atoms with E-state index in [9.17, 15) is 0 Å². The van der Waals surface area contributed by atoms with Crippen LogP contribution in [0.15, 0.2) is 12.4 Å². The molecule has 1 aromatic rings. The van der Waals surface area contributed by atoms with E-state index in [0.717, 1.165) is 31.5 Å². The predicted molar refractivity (Wildman–Crippen MR) is 53.4 cm³/mol. The molecule has 3 heteroatoms. The van der Waals surface area contributed by atoms with E-state index in [0.29, 0.717) is 6.54 Å². The van der Waals surface area contributed by atoms with Crippen LogP contribution < -0.4 is 5.73 Å². The minimum atomic E-state index is 0.708. The van der Waals surface area contributed by atoms with Gasteiger partial charge in [0.1, 0.15) is 5.82 Å². The van der Waals surface area contributed by atoms with E-state index in [-0.39, 0.29) is 0 Å². The SMILES string of the molecule is CCCc1cnc(CCCN)nc1. The molecule has 0 amide bonds. The molecule has 0 aliphatic heterocycles. The Morgan fingerprint density at radius 3 is 2.46 bits per heavy atom. The lowest BCUT2D eigenvalue weighted by Gasteiger charge is -2.00. The molecule has 1 heterocycles. The Morgan fingerprint density at radius 2 is 1.92 bits per heavy atom. The zero-order chi connectivity index (χ0) is 9.52. The first kappa shape index (κ1) is 10.1. The quantitative estimate of drug-likeness (QED) is 0.741. The second-order valence-electron chi connectivity index (χ2n) is 3.15. The monoisotopic (exact) mass is 179 g/mol. The Bertz CT molecular complexity index is 230. The second kappa shape index (κ2) is 5.65. The average molecular weight is 179 g/mol. The molecule has 2 N–H and O–H groups in total. The molecule has 0 saturated carbocycles. The molecule has 0 spiro atoms. The summed E-state index contributed by atoms with van der Waals surface area (Å²) in [5, 5.41) is 0. The fourth-order valence-electron chi connectivity index (χ4n) is 1.19. The van der Waals surface area contributed by atoms with Crippen molar-refractivity contribution in [3.8, 4) is 0 Å². The number of nitrogens with zero attached hydrogens (tertiary/aromatic N) is 2. The third kappa shape index (κ3) is 3.51. The average Bonchev–Trinajstić information content (AvgIpc) is 2.17. The molecule has 0 aliphatic carbocycles. The molecule has 0 aromatic carbocycles. The molecule has 0 unspecified atom stereocenters. The summed E-state index contributed by atoms with van der Waals surface area (Å²) >= 11 is 0. The maximum Gasteiger partial charge on any atom is 0.128 e. The highest BCUT2D eigenvalue weighted by atomic mass is 14.9. The molecule has 0 atom stereocenters. The van der Waals surface area contributed by atoms with Crippen LogP contribution in [0.2, 0.25) is 0 Å². The van der Waals surface area contributed by atoms with Gasteiger partial charge in [0.2, 0.25) is 0 Å². The Balaban J connectivity index is 2.48. The van der Waals surface area contributed by atoms with Gasteiger partial charge < -0.3 is 5.73 Å². The van der Waals surface area contributed by atoms with Crippen molar-refractivity contribution in [2.75, 3.05) is 6.54 Å². The van der Waals surface area contributed by atoms with Crippen LogP contribution in [0, 0.1) is 0 Å². The summed E-state index contributed by atoms with van der Waals surface area (Å²) in [6.07, 6.45) is 7.91. The Morgan fingerprint density at radius 1 is 1.23 bits per heavy atom. The maximum atomic E-state index is 5.40. The van der Waals surface area contributed by atoms with Crippen molar-refractivity contribution in [3.63, 3.8) is 0 Å². The fraction of sp³-hybridized carbons (Fsp3) is 0.600. The summed E-state index contributed by atoms with van der Waals surface area (Å²) in [6.45, 7) is 2.86. The highest BCUT2D eigenvalue weighted by Crippen LogP contribution is 2.01. The first-order chi connectivity index (χ1) is 6.36. The lowest BCUT2D eigenvalue weighted by molar-refractivity contribution is 0.772. The van der Waals surface area contributed by atoms with Gasteiger partial charge in [-0.3, -0.25) is 0 Å². The van der Waals surface area contributed by atoms with Crippen LogP contribution in [-0.2, 0) is 12.8 Å². The molecule has 0 saturated heterocycles. The van der Waals surface area contributed by atoms with Crippen molar-refractivity contribution >= 4 is 0 Å². The zero-order valence-corrected chi connectivity index (χ0v) is 8.16. The van der Waals surface area contributed by atoms with Gasteiger partial charge in [-0.15, -0.1) is 0 Å². The van der Waals surface area contributed by atoms with Crippen LogP contribution in [-0.4, -0.2) is 16.5 Å². The van der Waals surface area contributed by atoms with Crippen molar-refractivity contribution in [1.29, 1.82) is 0 Å². The number of hydrogen-bond acceptors (Lipinski definition) is 3. The van der Waals surface area contributed by atoms with Gasteiger partial charge in [0.15, 0.2) is 0 Å². The molecule has 1 rings (SSSR count). The number of aromatic nitrogens is 2. The van der Waals surface area contributed by atoms with Gasteiger partial charge in [-0.25, -0.2) is 9.97 Å². The van der Waals surface area contributed by atoms with E-state index in [1.165, 1.54) is 5.56 Å². The summed E-state index contributed by atoms with van der Waals surface area (Å²) in [5.74, 6) is 0.908. The summed E-state index contributed by atoms with van der Waals surface area (Å²) in [5.41, 5.74) is 6.62. The maximum absolute atomic E-state index is 5.40. The van der Waals surface area contributed by atoms with Crippen LogP contribution >= 0.6 is 0 Å². The van der Waals surface area contributed by atoms with Crippen molar-refractivity contribution < 1.29 is 0 Å². The largest absolute Gasteiger partial charge is 0.330 e. The first-order valence-electron chi connectivity index (χ1n) is 4.86. The number of rotatable bonds is 5. The molecule has 0 fully saturated rings. The molecule has 0 radical (unpaired) electrons.